The van der Waals surface area contributed by atoms with E-state index in [0.717, 1.165) is 22.3 Å². The van der Waals surface area contributed by atoms with E-state index in [4.69, 9.17) is 4.74 Å². The van der Waals surface area contributed by atoms with Crippen molar-refractivity contribution in [1.29, 1.82) is 0 Å². The molecule has 33 heavy (non-hydrogen) atoms. The van der Waals surface area contributed by atoms with E-state index in [1.807, 2.05) is 99.6 Å². The minimum atomic E-state index is -0.651. The number of carbonyl (C=O) groups excluding carboxylic acids is 2. The van der Waals surface area contributed by atoms with Crippen molar-refractivity contribution >= 4 is 11.8 Å². The van der Waals surface area contributed by atoms with E-state index in [1.165, 1.54) is 0 Å². The summed E-state index contributed by atoms with van der Waals surface area (Å²) in [5, 5.41) is 2.90. The highest BCUT2D eigenvalue weighted by Gasteiger charge is 2.30. The molecule has 0 spiro atoms. The van der Waals surface area contributed by atoms with E-state index < -0.39 is 6.04 Å². The average Bonchev–Trinajstić information content (AvgIpc) is 2.81. The van der Waals surface area contributed by atoms with E-state index in [-0.39, 0.29) is 18.4 Å². The minimum Gasteiger partial charge on any atom is -0.484 e. The molecule has 1 N–H and O–H groups in total. The summed E-state index contributed by atoms with van der Waals surface area (Å²) in [6.45, 7) is 6.58. The lowest BCUT2D eigenvalue weighted by Crippen LogP contribution is -2.51. The Morgan fingerprint density at radius 2 is 1.58 bits per heavy atom. The van der Waals surface area contributed by atoms with Gasteiger partial charge in [0.15, 0.2) is 6.61 Å². The first kappa shape index (κ1) is 24.1. The summed E-state index contributed by atoms with van der Waals surface area (Å²) in [7, 11) is 0. The molecule has 0 aromatic heterocycles. The van der Waals surface area contributed by atoms with Gasteiger partial charge in [-0.25, -0.2) is 0 Å². The summed E-state index contributed by atoms with van der Waals surface area (Å²) >= 11 is 0. The maximum atomic E-state index is 13.4. The molecule has 3 aromatic rings. The molecule has 5 heteroatoms. The smallest absolute Gasteiger partial charge is 0.261 e. The van der Waals surface area contributed by atoms with E-state index in [0.29, 0.717) is 25.3 Å². The zero-order chi connectivity index (χ0) is 23.6. The second-order valence-corrected chi connectivity index (χ2v) is 8.21. The Kier molecular flexibility index (Phi) is 8.64. The van der Waals surface area contributed by atoms with Gasteiger partial charge in [-0.05, 0) is 44.0 Å². The van der Waals surface area contributed by atoms with E-state index in [2.05, 4.69) is 5.32 Å². The summed E-state index contributed by atoms with van der Waals surface area (Å²) in [4.78, 5) is 28.2. The summed E-state index contributed by atoms with van der Waals surface area (Å²) in [6, 6.07) is 24.7. The molecule has 0 aliphatic carbocycles. The van der Waals surface area contributed by atoms with Crippen LogP contribution in [0.4, 0.5) is 0 Å². The summed E-state index contributed by atoms with van der Waals surface area (Å²) in [6.07, 6.45) is 0.425. The predicted molar refractivity (Wildman–Crippen MR) is 131 cm³/mol. The van der Waals surface area contributed by atoms with Gasteiger partial charge in [0.05, 0.1) is 0 Å². The lowest BCUT2D eigenvalue weighted by molar-refractivity contribution is -0.142. The molecule has 172 valence electrons. The largest absolute Gasteiger partial charge is 0.484 e. The Hall–Kier alpha value is -3.60. The minimum absolute atomic E-state index is 0.139. The van der Waals surface area contributed by atoms with E-state index >= 15 is 0 Å². The molecular weight excluding hydrogens is 412 g/mol. The summed E-state index contributed by atoms with van der Waals surface area (Å²) in [5.41, 5.74) is 4.19. The molecule has 0 bridgehead atoms. The zero-order valence-corrected chi connectivity index (χ0v) is 19.6. The van der Waals surface area contributed by atoms with Crippen LogP contribution in [-0.2, 0) is 22.6 Å². The van der Waals surface area contributed by atoms with Crippen molar-refractivity contribution in [2.75, 3.05) is 13.2 Å². The first-order chi connectivity index (χ1) is 16.0. The first-order valence-corrected chi connectivity index (χ1v) is 11.3. The number of carbonyl (C=O) groups is 2. The third-order valence-corrected chi connectivity index (χ3v) is 5.44. The fourth-order valence-corrected chi connectivity index (χ4v) is 3.72. The summed E-state index contributed by atoms with van der Waals surface area (Å²) < 4.78 is 5.78. The van der Waals surface area contributed by atoms with Crippen molar-refractivity contribution in [2.45, 2.75) is 39.8 Å². The highest BCUT2D eigenvalue weighted by molar-refractivity contribution is 5.88. The van der Waals surface area contributed by atoms with Gasteiger partial charge in [-0.2, -0.15) is 0 Å². The van der Waals surface area contributed by atoms with Crippen LogP contribution in [-0.4, -0.2) is 35.9 Å². The molecule has 0 saturated heterocycles. The fraction of sp³-hybridized carbons (Fsp3) is 0.286. The number of nitrogens with zero attached hydrogens (tertiary/aromatic N) is 1. The number of hydrogen-bond donors (Lipinski definition) is 1. The quantitative estimate of drug-likeness (QED) is 0.502. The van der Waals surface area contributed by atoms with Crippen molar-refractivity contribution in [3.8, 4) is 5.75 Å². The monoisotopic (exact) mass is 444 g/mol. The fourth-order valence-electron chi connectivity index (χ4n) is 3.72. The van der Waals surface area contributed by atoms with Gasteiger partial charge < -0.3 is 15.0 Å². The summed E-state index contributed by atoms with van der Waals surface area (Å²) in [5.74, 6) is 0.226. The Morgan fingerprint density at radius 1 is 0.879 bits per heavy atom. The molecule has 1 atom stereocenters. The number of nitrogens with one attached hydrogen (secondary N) is 1. The maximum Gasteiger partial charge on any atom is 0.261 e. The average molecular weight is 445 g/mol. The topological polar surface area (TPSA) is 58.6 Å². The number of rotatable bonds is 10. The zero-order valence-electron chi connectivity index (χ0n) is 19.6. The van der Waals surface area contributed by atoms with Crippen LogP contribution in [0.3, 0.4) is 0 Å². The van der Waals surface area contributed by atoms with Gasteiger partial charge in [-0.3, -0.25) is 9.59 Å². The molecule has 3 rings (SSSR count). The lowest BCUT2D eigenvalue weighted by Gasteiger charge is -2.31. The van der Waals surface area contributed by atoms with Crippen molar-refractivity contribution < 1.29 is 14.3 Å². The molecule has 1 unspecified atom stereocenters. The number of likely N-dealkylation sites (N-methyl/N-ethyl adjacent to an activating group) is 1. The number of benzene rings is 3. The SMILES string of the molecule is CCNC(=O)C(Cc1ccccc1)N(Cc1cccc(C)c1)C(=O)COc1ccc(C)cc1. The number of amides is 2. The van der Waals surface area contributed by atoms with Crippen molar-refractivity contribution in [2.24, 2.45) is 0 Å². The van der Waals surface area contributed by atoms with Crippen LogP contribution in [0.5, 0.6) is 5.75 Å². The van der Waals surface area contributed by atoms with Crippen LogP contribution >= 0.6 is 0 Å². The predicted octanol–water partition coefficient (Wildman–Crippen LogP) is 4.46. The number of aryl methyl sites for hydroxylation is 2. The molecule has 3 aromatic carbocycles. The maximum absolute atomic E-state index is 13.4. The third-order valence-electron chi connectivity index (χ3n) is 5.44. The Morgan fingerprint density at radius 3 is 2.24 bits per heavy atom. The van der Waals surface area contributed by atoms with Crippen molar-refractivity contribution in [3.63, 3.8) is 0 Å². The Labute approximate surface area is 196 Å². The van der Waals surface area contributed by atoms with Crippen LogP contribution < -0.4 is 10.1 Å². The molecule has 5 nitrogen and oxygen atoms in total. The molecule has 0 heterocycles. The normalized spacial score (nSPS) is 11.5. The molecule has 0 fully saturated rings. The standard InChI is InChI=1S/C28H32N2O3/c1-4-29-28(32)26(18-23-10-6-5-7-11-23)30(19-24-12-8-9-22(3)17-24)27(31)20-33-25-15-13-21(2)14-16-25/h5-17,26H,4,18-20H2,1-3H3,(H,29,32). The second-order valence-electron chi connectivity index (χ2n) is 8.21. The first-order valence-electron chi connectivity index (χ1n) is 11.3. The van der Waals surface area contributed by atoms with Gasteiger partial charge in [-0.15, -0.1) is 0 Å². The van der Waals surface area contributed by atoms with Crippen LogP contribution in [0.2, 0.25) is 0 Å². The lowest BCUT2D eigenvalue weighted by atomic mass is 10.0. The van der Waals surface area contributed by atoms with Gasteiger partial charge >= 0.3 is 0 Å². The Balaban J connectivity index is 1.88. The van der Waals surface area contributed by atoms with Gasteiger partial charge in [0.1, 0.15) is 11.8 Å². The van der Waals surface area contributed by atoms with E-state index in [1.54, 1.807) is 4.90 Å². The van der Waals surface area contributed by atoms with Gasteiger partial charge in [-0.1, -0.05) is 77.9 Å². The van der Waals surface area contributed by atoms with Gasteiger partial charge in [0.25, 0.3) is 5.91 Å². The number of hydrogen-bond acceptors (Lipinski definition) is 3. The third kappa shape index (κ3) is 7.21. The Bertz CT molecular complexity index is 1050. The van der Waals surface area contributed by atoms with Crippen LogP contribution in [0.25, 0.3) is 0 Å². The molecular formula is C28H32N2O3. The highest BCUT2D eigenvalue weighted by atomic mass is 16.5. The second kappa shape index (κ2) is 11.9. The molecule has 0 radical (unpaired) electrons. The van der Waals surface area contributed by atoms with Crippen LogP contribution in [0.1, 0.15) is 29.2 Å². The van der Waals surface area contributed by atoms with Crippen LogP contribution in [0, 0.1) is 13.8 Å². The molecule has 0 saturated carbocycles. The number of ether oxygens (including phenoxy) is 1. The van der Waals surface area contributed by atoms with Crippen molar-refractivity contribution in [3.05, 3.63) is 101 Å². The van der Waals surface area contributed by atoms with Gasteiger partial charge in [0.2, 0.25) is 5.91 Å². The van der Waals surface area contributed by atoms with Gasteiger partial charge in [0, 0.05) is 19.5 Å². The molecule has 0 aliphatic rings. The van der Waals surface area contributed by atoms with E-state index in [9.17, 15) is 9.59 Å². The van der Waals surface area contributed by atoms with Crippen molar-refractivity contribution in [1.82, 2.24) is 10.2 Å². The van der Waals surface area contributed by atoms with Crippen LogP contribution in [0.15, 0.2) is 78.9 Å². The highest BCUT2D eigenvalue weighted by Crippen LogP contribution is 2.17. The molecule has 0 aliphatic heterocycles. The molecule has 2 amide bonds.